The minimum Gasteiger partial charge on any atom is -0.493 e. The number of carboxylic acids is 1. The number of carbonyl (C=O) groups excluding carboxylic acids is 1. The predicted octanol–water partition coefficient (Wildman–Crippen LogP) is 6.15. The molecule has 1 amide bonds. The van der Waals surface area contributed by atoms with Crippen LogP contribution in [0.5, 0.6) is 5.75 Å². The zero-order valence-corrected chi connectivity index (χ0v) is 21.6. The van der Waals surface area contributed by atoms with E-state index in [0.29, 0.717) is 40.8 Å². The van der Waals surface area contributed by atoms with Crippen LogP contribution in [0.2, 0.25) is 5.02 Å². The van der Waals surface area contributed by atoms with Crippen LogP contribution in [0.1, 0.15) is 22.6 Å². The molecular weight excluding hydrogens is 508 g/mol. The minimum atomic E-state index is -1.14. The Balaban J connectivity index is 1.34. The first-order chi connectivity index (χ1) is 18.4. The molecule has 0 saturated heterocycles. The maximum Gasteiger partial charge on any atom is 0.410 e. The van der Waals surface area contributed by atoms with Crippen LogP contribution < -0.4 is 4.74 Å². The second-order valence-corrected chi connectivity index (χ2v) is 9.00. The van der Waals surface area contributed by atoms with E-state index in [9.17, 15) is 14.7 Å². The van der Waals surface area contributed by atoms with Gasteiger partial charge in [0, 0.05) is 23.6 Å². The monoisotopic (exact) mass is 534 g/mol. The fraction of sp³-hybridized carbons (Fsp3) is 0.207. The first kappa shape index (κ1) is 26.8. The van der Waals surface area contributed by atoms with Gasteiger partial charge in [0.25, 0.3) is 0 Å². The molecule has 0 spiro atoms. The van der Waals surface area contributed by atoms with Crippen molar-refractivity contribution in [3.8, 4) is 17.2 Å². The lowest BCUT2D eigenvalue weighted by atomic mass is 10.2. The van der Waals surface area contributed by atoms with Crippen LogP contribution in [0.3, 0.4) is 0 Å². The number of hydrogen-bond donors (Lipinski definition) is 1. The van der Waals surface area contributed by atoms with Gasteiger partial charge < -0.3 is 19.0 Å². The molecule has 3 aromatic carbocycles. The fourth-order valence-electron chi connectivity index (χ4n) is 3.80. The summed E-state index contributed by atoms with van der Waals surface area (Å²) in [5.74, 6) is 0.757. The quantitative estimate of drug-likeness (QED) is 0.246. The summed E-state index contributed by atoms with van der Waals surface area (Å²) in [5, 5.41) is 9.82. The largest absolute Gasteiger partial charge is 0.493 e. The van der Waals surface area contributed by atoms with E-state index in [1.807, 2.05) is 37.3 Å². The normalized spacial score (nSPS) is 10.7. The maximum atomic E-state index is 12.7. The lowest BCUT2D eigenvalue weighted by Crippen LogP contribution is -2.35. The van der Waals surface area contributed by atoms with Crippen molar-refractivity contribution in [1.82, 2.24) is 9.88 Å². The number of nitrogens with zero attached hydrogens (tertiary/aromatic N) is 2. The average Bonchev–Trinajstić information content (AvgIpc) is 3.28. The minimum absolute atomic E-state index is 0.0217. The van der Waals surface area contributed by atoms with Gasteiger partial charge in [-0.3, -0.25) is 9.69 Å². The number of aromatic nitrogens is 1. The van der Waals surface area contributed by atoms with Gasteiger partial charge in [0.05, 0.1) is 12.3 Å². The second-order valence-electron chi connectivity index (χ2n) is 8.57. The highest BCUT2D eigenvalue weighted by molar-refractivity contribution is 6.30. The number of carbonyl (C=O) groups is 2. The van der Waals surface area contributed by atoms with Crippen molar-refractivity contribution in [2.24, 2.45) is 0 Å². The molecule has 0 unspecified atom stereocenters. The highest BCUT2D eigenvalue weighted by atomic mass is 35.5. The third kappa shape index (κ3) is 7.60. The Morgan fingerprint density at radius 3 is 2.53 bits per heavy atom. The van der Waals surface area contributed by atoms with Gasteiger partial charge >= 0.3 is 12.1 Å². The van der Waals surface area contributed by atoms with Gasteiger partial charge in [0.15, 0.2) is 0 Å². The highest BCUT2D eigenvalue weighted by Gasteiger charge is 2.19. The van der Waals surface area contributed by atoms with E-state index >= 15 is 0 Å². The zero-order valence-electron chi connectivity index (χ0n) is 20.8. The molecule has 196 valence electrons. The molecule has 0 radical (unpaired) electrons. The van der Waals surface area contributed by atoms with Crippen molar-refractivity contribution in [2.75, 3.05) is 13.2 Å². The van der Waals surface area contributed by atoms with E-state index in [1.54, 1.807) is 48.5 Å². The van der Waals surface area contributed by atoms with E-state index in [1.165, 1.54) is 0 Å². The smallest absolute Gasteiger partial charge is 0.410 e. The van der Waals surface area contributed by atoms with Crippen LogP contribution in [0.15, 0.2) is 83.3 Å². The molecule has 4 rings (SSSR count). The molecule has 0 saturated carbocycles. The Morgan fingerprint density at radius 1 is 1.00 bits per heavy atom. The number of oxazole rings is 1. The molecule has 0 bridgehead atoms. The van der Waals surface area contributed by atoms with Crippen molar-refractivity contribution in [1.29, 1.82) is 0 Å². The molecule has 4 aromatic rings. The summed E-state index contributed by atoms with van der Waals surface area (Å²) < 4.78 is 17.0. The summed E-state index contributed by atoms with van der Waals surface area (Å²) in [5.41, 5.74) is 3.13. The van der Waals surface area contributed by atoms with Gasteiger partial charge in [-0.25, -0.2) is 9.78 Å². The van der Waals surface area contributed by atoms with Crippen LogP contribution in [0.25, 0.3) is 11.5 Å². The lowest BCUT2D eigenvalue weighted by molar-refractivity contribution is -0.138. The summed E-state index contributed by atoms with van der Waals surface area (Å²) in [6.45, 7) is 1.75. The second kappa shape index (κ2) is 12.8. The zero-order chi connectivity index (χ0) is 26.9. The van der Waals surface area contributed by atoms with Crippen LogP contribution in [-0.4, -0.2) is 40.2 Å². The number of rotatable bonds is 11. The van der Waals surface area contributed by atoms with E-state index < -0.39 is 18.6 Å². The molecule has 1 heterocycles. The van der Waals surface area contributed by atoms with Crippen molar-refractivity contribution in [3.05, 3.63) is 106 Å². The molecule has 0 aliphatic heterocycles. The molecule has 0 aliphatic rings. The number of benzene rings is 3. The van der Waals surface area contributed by atoms with Gasteiger partial charge in [0.1, 0.15) is 24.7 Å². The average molecular weight is 535 g/mol. The number of halogens is 1. The standard InChI is InChI=1S/C29H27ClN2O6/c1-20-26(31-28(38-20)23-9-3-2-4-10-23)13-14-36-25-12-6-7-21(16-25)17-32(18-27(33)34)29(35)37-19-22-8-5-11-24(30)15-22/h2-12,15-16H,13-14,17-19H2,1H3,(H,33,34). The summed E-state index contributed by atoms with van der Waals surface area (Å²) >= 11 is 5.97. The van der Waals surface area contributed by atoms with E-state index in [4.69, 9.17) is 25.5 Å². The van der Waals surface area contributed by atoms with Gasteiger partial charge in [-0.05, 0) is 54.4 Å². The summed E-state index contributed by atoms with van der Waals surface area (Å²) in [7, 11) is 0. The van der Waals surface area contributed by atoms with Gasteiger partial charge in [-0.2, -0.15) is 0 Å². The molecule has 0 fully saturated rings. The molecule has 38 heavy (non-hydrogen) atoms. The molecule has 1 N–H and O–H groups in total. The highest BCUT2D eigenvalue weighted by Crippen LogP contribution is 2.22. The Hall–Kier alpha value is -4.30. The van der Waals surface area contributed by atoms with Crippen LogP contribution in [0.4, 0.5) is 4.79 Å². The molecular formula is C29H27ClN2O6. The van der Waals surface area contributed by atoms with E-state index in [2.05, 4.69) is 4.98 Å². The maximum absolute atomic E-state index is 12.7. The summed E-state index contributed by atoms with van der Waals surface area (Å²) in [4.78, 5) is 29.7. The number of aliphatic carboxylic acids is 1. The number of aryl methyl sites for hydroxylation is 1. The van der Waals surface area contributed by atoms with E-state index in [0.717, 1.165) is 21.9 Å². The van der Waals surface area contributed by atoms with Crippen LogP contribution >= 0.6 is 11.6 Å². The fourth-order valence-corrected chi connectivity index (χ4v) is 4.01. The molecule has 9 heteroatoms. The molecule has 0 aliphatic carbocycles. The number of ether oxygens (including phenoxy) is 2. The van der Waals surface area contributed by atoms with Crippen molar-refractivity contribution in [3.63, 3.8) is 0 Å². The number of amides is 1. The van der Waals surface area contributed by atoms with Crippen LogP contribution in [-0.2, 0) is 29.1 Å². The van der Waals surface area contributed by atoms with Gasteiger partial charge in [-0.15, -0.1) is 0 Å². The van der Waals surface area contributed by atoms with Gasteiger partial charge in [0.2, 0.25) is 5.89 Å². The lowest BCUT2D eigenvalue weighted by Gasteiger charge is -2.21. The van der Waals surface area contributed by atoms with Crippen molar-refractivity contribution < 1.29 is 28.6 Å². The summed E-state index contributed by atoms with van der Waals surface area (Å²) in [6.07, 6.45) is -0.192. The topological polar surface area (TPSA) is 102 Å². The molecule has 0 atom stereocenters. The predicted molar refractivity (Wildman–Crippen MR) is 142 cm³/mol. The Bertz CT molecular complexity index is 1390. The summed E-state index contributed by atoms with van der Waals surface area (Å²) in [6, 6.07) is 23.7. The first-order valence-electron chi connectivity index (χ1n) is 12.0. The SMILES string of the molecule is Cc1oc(-c2ccccc2)nc1CCOc1cccc(CN(CC(=O)O)C(=O)OCc2cccc(Cl)c2)c1. The number of carboxylic acid groups (broad SMARTS) is 1. The third-order valence-electron chi connectivity index (χ3n) is 5.63. The van der Waals surface area contributed by atoms with Gasteiger partial charge in [-0.1, -0.05) is 54.1 Å². The van der Waals surface area contributed by atoms with Crippen molar-refractivity contribution in [2.45, 2.75) is 26.5 Å². The third-order valence-corrected chi connectivity index (χ3v) is 5.86. The first-order valence-corrected chi connectivity index (χ1v) is 12.4. The Labute approximate surface area is 225 Å². The van der Waals surface area contributed by atoms with Crippen LogP contribution in [0, 0.1) is 6.92 Å². The van der Waals surface area contributed by atoms with Crippen molar-refractivity contribution >= 4 is 23.7 Å². The molecule has 1 aromatic heterocycles. The number of hydrogen-bond acceptors (Lipinski definition) is 6. The van der Waals surface area contributed by atoms with E-state index in [-0.39, 0.29) is 13.2 Å². The Kier molecular flexibility index (Phi) is 9.00. The molecule has 8 nitrogen and oxygen atoms in total. The Morgan fingerprint density at radius 2 is 1.76 bits per heavy atom.